The summed E-state index contributed by atoms with van der Waals surface area (Å²) in [5.74, 6) is 0.649. The zero-order valence-electron chi connectivity index (χ0n) is 13.8. The normalized spacial score (nSPS) is 12.7. The van der Waals surface area contributed by atoms with E-state index < -0.39 is 0 Å². The highest BCUT2D eigenvalue weighted by Gasteiger charge is 2.23. The number of nitrogens with one attached hydrogen (secondary N) is 1. The average Bonchev–Trinajstić information content (AvgIpc) is 3.03. The van der Waals surface area contributed by atoms with Crippen molar-refractivity contribution in [3.63, 3.8) is 0 Å². The summed E-state index contributed by atoms with van der Waals surface area (Å²) in [6.45, 7) is 2.64. The first-order valence-corrected chi connectivity index (χ1v) is 7.91. The molecule has 3 rings (SSSR count). The van der Waals surface area contributed by atoms with Crippen LogP contribution in [0.3, 0.4) is 0 Å². The quantitative estimate of drug-likeness (QED) is 0.940. The molecule has 0 saturated carbocycles. The van der Waals surface area contributed by atoms with Crippen LogP contribution in [0.4, 0.5) is 5.69 Å². The standard InChI is InChI=1S/C19H20N2O3/c1-13(22)21-10-9-14-11-15(7-8-17(14)21)19(23)20-12-16-5-3-4-6-18(16)24-2/h3-8,11H,9-10,12H2,1-2H3,(H,20,23). The molecule has 0 radical (unpaired) electrons. The first-order valence-electron chi connectivity index (χ1n) is 7.91. The fourth-order valence-corrected chi connectivity index (χ4v) is 3.00. The van der Waals surface area contributed by atoms with Gasteiger partial charge in [0, 0.05) is 36.8 Å². The second kappa shape index (κ2) is 6.74. The van der Waals surface area contributed by atoms with Crippen molar-refractivity contribution in [2.75, 3.05) is 18.6 Å². The molecule has 2 amide bonds. The van der Waals surface area contributed by atoms with Gasteiger partial charge in [-0.25, -0.2) is 0 Å². The molecule has 0 aromatic heterocycles. The predicted molar refractivity (Wildman–Crippen MR) is 92.3 cm³/mol. The highest BCUT2D eigenvalue weighted by atomic mass is 16.5. The highest BCUT2D eigenvalue weighted by molar-refractivity contribution is 5.97. The summed E-state index contributed by atoms with van der Waals surface area (Å²) in [4.78, 5) is 25.7. The summed E-state index contributed by atoms with van der Waals surface area (Å²) < 4.78 is 5.29. The molecule has 1 aliphatic heterocycles. The number of ether oxygens (including phenoxy) is 1. The van der Waals surface area contributed by atoms with Gasteiger partial charge in [-0.15, -0.1) is 0 Å². The molecule has 5 heteroatoms. The van der Waals surface area contributed by atoms with Crippen LogP contribution in [0.1, 0.15) is 28.4 Å². The fraction of sp³-hybridized carbons (Fsp3) is 0.263. The molecule has 1 aliphatic rings. The van der Waals surface area contributed by atoms with Gasteiger partial charge >= 0.3 is 0 Å². The van der Waals surface area contributed by atoms with Crippen LogP contribution in [-0.4, -0.2) is 25.5 Å². The second-order valence-corrected chi connectivity index (χ2v) is 5.76. The van der Waals surface area contributed by atoms with E-state index in [1.807, 2.05) is 36.4 Å². The number of carbonyl (C=O) groups excluding carboxylic acids is 2. The van der Waals surface area contributed by atoms with Crippen LogP contribution in [0, 0.1) is 0 Å². The van der Waals surface area contributed by atoms with Crippen molar-refractivity contribution in [3.8, 4) is 5.75 Å². The lowest BCUT2D eigenvalue weighted by Gasteiger charge is -2.15. The zero-order valence-corrected chi connectivity index (χ0v) is 13.8. The lowest BCUT2D eigenvalue weighted by Crippen LogP contribution is -2.26. The summed E-state index contributed by atoms with van der Waals surface area (Å²) in [6.07, 6.45) is 0.780. The lowest BCUT2D eigenvalue weighted by atomic mass is 10.1. The lowest BCUT2D eigenvalue weighted by molar-refractivity contribution is -0.116. The van der Waals surface area contributed by atoms with Crippen LogP contribution in [0.15, 0.2) is 42.5 Å². The molecule has 0 saturated heterocycles. The van der Waals surface area contributed by atoms with E-state index in [0.29, 0.717) is 18.7 Å². The third kappa shape index (κ3) is 3.11. The van der Waals surface area contributed by atoms with Crippen LogP contribution in [0.25, 0.3) is 0 Å². The molecule has 5 nitrogen and oxygen atoms in total. The topological polar surface area (TPSA) is 58.6 Å². The van der Waals surface area contributed by atoms with Gasteiger partial charge in [0.2, 0.25) is 5.91 Å². The van der Waals surface area contributed by atoms with Gasteiger partial charge in [-0.05, 0) is 36.2 Å². The average molecular weight is 324 g/mol. The molecule has 0 unspecified atom stereocenters. The molecule has 1 heterocycles. The van der Waals surface area contributed by atoms with E-state index >= 15 is 0 Å². The summed E-state index contributed by atoms with van der Waals surface area (Å²) in [5, 5.41) is 2.92. The number of rotatable bonds is 4. The van der Waals surface area contributed by atoms with Gasteiger partial charge in [-0.3, -0.25) is 9.59 Å². The summed E-state index contributed by atoms with van der Waals surface area (Å²) in [5.41, 5.74) is 3.48. The minimum absolute atomic E-state index is 0.0297. The Morgan fingerprint density at radius 1 is 1.21 bits per heavy atom. The molecular weight excluding hydrogens is 304 g/mol. The minimum Gasteiger partial charge on any atom is -0.496 e. The SMILES string of the molecule is COc1ccccc1CNC(=O)c1ccc2c(c1)CCN2C(C)=O. The molecule has 0 spiro atoms. The van der Waals surface area contributed by atoms with Gasteiger partial charge in [-0.2, -0.15) is 0 Å². The molecule has 0 atom stereocenters. The first kappa shape index (κ1) is 16.1. The summed E-state index contributed by atoms with van der Waals surface area (Å²) >= 11 is 0. The van der Waals surface area contributed by atoms with Crippen LogP contribution >= 0.6 is 0 Å². The number of hydrogen-bond donors (Lipinski definition) is 1. The molecule has 2 aromatic carbocycles. The smallest absolute Gasteiger partial charge is 0.251 e. The van der Waals surface area contributed by atoms with Gasteiger partial charge in [0.15, 0.2) is 0 Å². The van der Waals surface area contributed by atoms with Crippen LogP contribution in [-0.2, 0) is 17.8 Å². The number of anilines is 1. The molecule has 0 fully saturated rings. The van der Waals surface area contributed by atoms with Crippen molar-refractivity contribution in [2.45, 2.75) is 19.9 Å². The first-order chi connectivity index (χ1) is 11.6. The molecule has 124 valence electrons. The van der Waals surface area contributed by atoms with Crippen molar-refractivity contribution >= 4 is 17.5 Å². The number of hydrogen-bond acceptors (Lipinski definition) is 3. The summed E-state index contributed by atoms with van der Waals surface area (Å²) in [6, 6.07) is 13.1. The number of para-hydroxylation sites is 1. The molecule has 0 bridgehead atoms. The molecular formula is C19H20N2O3. The van der Waals surface area contributed by atoms with Crippen molar-refractivity contribution in [1.82, 2.24) is 5.32 Å². The third-order valence-corrected chi connectivity index (χ3v) is 4.25. The van der Waals surface area contributed by atoms with E-state index in [-0.39, 0.29) is 11.8 Å². The molecule has 0 aliphatic carbocycles. The Bertz CT molecular complexity index is 786. The second-order valence-electron chi connectivity index (χ2n) is 5.76. The van der Waals surface area contributed by atoms with Gasteiger partial charge in [-0.1, -0.05) is 18.2 Å². The van der Waals surface area contributed by atoms with Gasteiger partial charge in [0.1, 0.15) is 5.75 Å². The van der Waals surface area contributed by atoms with E-state index in [9.17, 15) is 9.59 Å². The Morgan fingerprint density at radius 3 is 2.75 bits per heavy atom. The molecule has 2 aromatic rings. The predicted octanol–water partition coefficient (Wildman–Crippen LogP) is 2.53. The number of amides is 2. The fourth-order valence-electron chi connectivity index (χ4n) is 3.00. The Hall–Kier alpha value is -2.82. The van der Waals surface area contributed by atoms with E-state index in [1.165, 1.54) is 0 Å². The van der Waals surface area contributed by atoms with Crippen LogP contribution in [0.2, 0.25) is 0 Å². The Kier molecular flexibility index (Phi) is 4.51. The van der Waals surface area contributed by atoms with Crippen LogP contribution < -0.4 is 15.0 Å². The maximum absolute atomic E-state index is 12.4. The maximum Gasteiger partial charge on any atom is 0.251 e. The van der Waals surface area contributed by atoms with Crippen molar-refractivity contribution in [2.24, 2.45) is 0 Å². The minimum atomic E-state index is -0.134. The van der Waals surface area contributed by atoms with Gasteiger partial charge in [0.05, 0.1) is 7.11 Å². The van der Waals surface area contributed by atoms with E-state index in [0.717, 1.165) is 29.0 Å². The Labute approximate surface area is 141 Å². The van der Waals surface area contributed by atoms with Crippen molar-refractivity contribution < 1.29 is 14.3 Å². The number of nitrogens with zero attached hydrogens (tertiary/aromatic N) is 1. The molecule has 1 N–H and O–H groups in total. The van der Waals surface area contributed by atoms with E-state index in [2.05, 4.69) is 5.32 Å². The largest absolute Gasteiger partial charge is 0.496 e. The monoisotopic (exact) mass is 324 g/mol. The zero-order chi connectivity index (χ0) is 17.1. The van der Waals surface area contributed by atoms with Crippen LogP contribution in [0.5, 0.6) is 5.75 Å². The number of benzene rings is 2. The number of fused-ring (bicyclic) bond motifs is 1. The van der Waals surface area contributed by atoms with Gasteiger partial charge in [0.25, 0.3) is 5.91 Å². The summed E-state index contributed by atoms with van der Waals surface area (Å²) in [7, 11) is 1.61. The maximum atomic E-state index is 12.4. The third-order valence-electron chi connectivity index (χ3n) is 4.25. The van der Waals surface area contributed by atoms with Crippen molar-refractivity contribution in [1.29, 1.82) is 0 Å². The molecule has 24 heavy (non-hydrogen) atoms. The Morgan fingerprint density at radius 2 is 2.00 bits per heavy atom. The van der Waals surface area contributed by atoms with E-state index in [4.69, 9.17) is 4.74 Å². The number of carbonyl (C=O) groups is 2. The van der Waals surface area contributed by atoms with Crippen molar-refractivity contribution in [3.05, 3.63) is 59.2 Å². The van der Waals surface area contributed by atoms with E-state index in [1.54, 1.807) is 25.0 Å². The Balaban J connectivity index is 1.71. The number of methoxy groups -OCH3 is 1. The van der Waals surface area contributed by atoms with Gasteiger partial charge < -0.3 is 15.0 Å². The highest BCUT2D eigenvalue weighted by Crippen LogP contribution is 2.29.